The van der Waals surface area contributed by atoms with Gasteiger partial charge < -0.3 is 4.90 Å². The van der Waals surface area contributed by atoms with Gasteiger partial charge in [-0.2, -0.15) is 16.9 Å². The smallest absolute Gasteiger partial charge is 0.224 e. The first-order chi connectivity index (χ1) is 9.74. The van der Waals surface area contributed by atoms with E-state index in [4.69, 9.17) is 11.6 Å². The minimum atomic E-state index is 0.225. The molecule has 106 valence electrons. The van der Waals surface area contributed by atoms with Crippen LogP contribution in [0.25, 0.3) is 10.9 Å². The van der Waals surface area contributed by atoms with Crippen molar-refractivity contribution in [3.63, 3.8) is 0 Å². The van der Waals surface area contributed by atoms with Crippen LogP contribution in [0.4, 0.5) is 0 Å². The maximum absolute atomic E-state index is 12.1. The SMILES string of the molecule is O=C(CCn1ncc2cc(Cl)ccc21)N1CCSCC1. The molecule has 1 aromatic heterocycles. The zero-order chi connectivity index (χ0) is 13.9. The summed E-state index contributed by atoms with van der Waals surface area (Å²) < 4.78 is 1.88. The van der Waals surface area contributed by atoms with E-state index in [1.165, 1.54) is 0 Å². The molecule has 2 heterocycles. The Morgan fingerprint density at radius 2 is 2.15 bits per heavy atom. The third kappa shape index (κ3) is 2.94. The molecule has 20 heavy (non-hydrogen) atoms. The van der Waals surface area contributed by atoms with Crippen molar-refractivity contribution in [2.24, 2.45) is 0 Å². The number of aryl methyl sites for hydroxylation is 1. The Hall–Kier alpha value is -1.20. The Labute approximate surface area is 127 Å². The highest BCUT2D eigenvalue weighted by molar-refractivity contribution is 7.99. The second-order valence-corrected chi connectivity index (χ2v) is 6.48. The first-order valence-corrected chi connectivity index (χ1v) is 8.24. The second-order valence-electron chi connectivity index (χ2n) is 4.81. The fraction of sp³-hybridized carbons (Fsp3) is 0.429. The summed E-state index contributed by atoms with van der Waals surface area (Å²) in [7, 11) is 0. The summed E-state index contributed by atoms with van der Waals surface area (Å²) >= 11 is 7.87. The van der Waals surface area contributed by atoms with E-state index in [1.54, 1.807) is 6.20 Å². The van der Waals surface area contributed by atoms with Crippen molar-refractivity contribution in [2.45, 2.75) is 13.0 Å². The van der Waals surface area contributed by atoms with Gasteiger partial charge in [-0.05, 0) is 18.2 Å². The van der Waals surface area contributed by atoms with Crippen molar-refractivity contribution in [1.82, 2.24) is 14.7 Å². The minimum Gasteiger partial charge on any atom is -0.341 e. The van der Waals surface area contributed by atoms with E-state index in [2.05, 4.69) is 5.10 Å². The number of nitrogens with zero attached hydrogens (tertiary/aromatic N) is 3. The summed E-state index contributed by atoms with van der Waals surface area (Å²) in [4.78, 5) is 14.1. The molecule has 0 aliphatic carbocycles. The number of carbonyl (C=O) groups excluding carboxylic acids is 1. The van der Waals surface area contributed by atoms with Gasteiger partial charge in [0.15, 0.2) is 0 Å². The van der Waals surface area contributed by atoms with Crippen LogP contribution in [0.5, 0.6) is 0 Å². The van der Waals surface area contributed by atoms with E-state index in [1.807, 2.05) is 39.5 Å². The molecule has 0 bridgehead atoms. The third-order valence-electron chi connectivity index (χ3n) is 3.51. The molecule has 0 radical (unpaired) electrons. The van der Waals surface area contributed by atoms with Crippen molar-refractivity contribution in [2.75, 3.05) is 24.6 Å². The fourth-order valence-electron chi connectivity index (χ4n) is 2.41. The van der Waals surface area contributed by atoms with Gasteiger partial charge in [0, 0.05) is 41.4 Å². The molecular weight excluding hydrogens is 294 g/mol. The average molecular weight is 310 g/mol. The topological polar surface area (TPSA) is 38.1 Å². The van der Waals surface area contributed by atoms with Gasteiger partial charge in [-0.3, -0.25) is 9.48 Å². The lowest BCUT2D eigenvalue weighted by molar-refractivity contribution is -0.131. The normalized spacial score (nSPS) is 15.8. The molecule has 1 saturated heterocycles. The van der Waals surface area contributed by atoms with Gasteiger partial charge >= 0.3 is 0 Å². The summed E-state index contributed by atoms with van der Waals surface area (Å²) in [5.41, 5.74) is 1.02. The van der Waals surface area contributed by atoms with Crippen molar-refractivity contribution < 1.29 is 4.79 Å². The van der Waals surface area contributed by atoms with Gasteiger partial charge in [0.1, 0.15) is 0 Å². The first-order valence-electron chi connectivity index (χ1n) is 6.70. The van der Waals surface area contributed by atoms with Crippen LogP contribution in [0.2, 0.25) is 5.02 Å². The van der Waals surface area contributed by atoms with E-state index in [0.717, 1.165) is 35.5 Å². The lowest BCUT2D eigenvalue weighted by atomic mass is 10.2. The number of hydrogen-bond acceptors (Lipinski definition) is 3. The Morgan fingerprint density at radius 3 is 2.95 bits per heavy atom. The van der Waals surface area contributed by atoms with Gasteiger partial charge in [-0.15, -0.1) is 0 Å². The van der Waals surface area contributed by atoms with E-state index in [9.17, 15) is 4.79 Å². The number of carbonyl (C=O) groups is 1. The number of thioether (sulfide) groups is 1. The monoisotopic (exact) mass is 309 g/mol. The summed E-state index contributed by atoms with van der Waals surface area (Å²) in [5, 5.41) is 6.06. The van der Waals surface area contributed by atoms with E-state index in [0.29, 0.717) is 18.0 Å². The van der Waals surface area contributed by atoms with Gasteiger partial charge in [0.25, 0.3) is 0 Å². The molecule has 2 aromatic rings. The number of amides is 1. The molecule has 0 atom stereocenters. The van der Waals surface area contributed by atoms with Gasteiger partial charge in [-0.25, -0.2) is 0 Å². The maximum atomic E-state index is 12.1. The molecule has 0 unspecified atom stereocenters. The molecule has 6 heteroatoms. The van der Waals surface area contributed by atoms with Crippen LogP contribution < -0.4 is 0 Å². The molecular formula is C14H16ClN3OS. The molecule has 0 N–H and O–H groups in total. The lowest BCUT2D eigenvalue weighted by Crippen LogP contribution is -2.38. The van der Waals surface area contributed by atoms with Crippen LogP contribution in [0.3, 0.4) is 0 Å². The van der Waals surface area contributed by atoms with Crippen molar-refractivity contribution in [3.05, 3.63) is 29.4 Å². The van der Waals surface area contributed by atoms with Crippen LogP contribution in [0.1, 0.15) is 6.42 Å². The largest absolute Gasteiger partial charge is 0.341 e. The summed E-state index contributed by atoms with van der Waals surface area (Å²) in [6.07, 6.45) is 2.30. The Kier molecular flexibility index (Phi) is 4.17. The summed E-state index contributed by atoms with van der Waals surface area (Å²) in [6.45, 7) is 2.37. The van der Waals surface area contributed by atoms with Crippen LogP contribution in [-0.2, 0) is 11.3 Å². The Bertz CT molecular complexity index is 622. The maximum Gasteiger partial charge on any atom is 0.224 e. The molecule has 1 fully saturated rings. The van der Waals surface area contributed by atoms with Crippen LogP contribution in [0, 0.1) is 0 Å². The predicted octanol–water partition coefficient (Wildman–Crippen LogP) is 2.66. The second kappa shape index (κ2) is 6.06. The summed E-state index contributed by atoms with van der Waals surface area (Å²) in [6, 6.07) is 5.70. The molecule has 4 nitrogen and oxygen atoms in total. The third-order valence-corrected chi connectivity index (χ3v) is 4.68. The number of benzene rings is 1. The minimum absolute atomic E-state index is 0.225. The van der Waals surface area contributed by atoms with E-state index < -0.39 is 0 Å². The number of halogens is 1. The highest BCUT2D eigenvalue weighted by Crippen LogP contribution is 2.19. The molecule has 0 spiro atoms. The van der Waals surface area contributed by atoms with Crippen molar-refractivity contribution in [1.29, 1.82) is 0 Å². The molecule has 1 aliphatic rings. The molecule has 1 amide bonds. The number of rotatable bonds is 3. The van der Waals surface area contributed by atoms with Crippen LogP contribution >= 0.6 is 23.4 Å². The van der Waals surface area contributed by atoms with Crippen LogP contribution in [-0.4, -0.2) is 45.2 Å². The number of hydrogen-bond donors (Lipinski definition) is 0. The first kappa shape index (κ1) is 13.8. The molecule has 1 aromatic carbocycles. The lowest BCUT2D eigenvalue weighted by Gasteiger charge is -2.26. The van der Waals surface area contributed by atoms with Crippen LogP contribution in [0.15, 0.2) is 24.4 Å². The van der Waals surface area contributed by atoms with Gasteiger partial charge in [0.05, 0.1) is 18.3 Å². The highest BCUT2D eigenvalue weighted by atomic mass is 35.5. The zero-order valence-electron chi connectivity index (χ0n) is 11.1. The van der Waals surface area contributed by atoms with Crippen molar-refractivity contribution in [3.8, 4) is 0 Å². The Balaban J connectivity index is 1.66. The van der Waals surface area contributed by atoms with Gasteiger partial charge in [-0.1, -0.05) is 11.6 Å². The standard InChI is InChI=1S/C14H16ClN3OS/c15-12-1-2-13-11(9-12)10-16-18(13)4-3-14(19)17-5-7-20-8-6-17/h1-2,9-10H,3-8H2. The molecule has 0 saturated carbocycles. The average Bonchev–Trinajstić information content (AvgIpc) is 2.88. The summed E-state index contributed by atoms with van der Waals surface area (Å²) in [5.74, 6) is 2.33. The predicted molar refractivity (Wildman–Crippen MR) is 83.3 cm³/mol. The molecule has 1 aliphatic heterocycles. The number of fused-ring (bicyclic) bond motifs is 1. The molecule has 3 rings (SSSR count). The van der Waals surface area contributed by atoms with Gasteiger partial charge in [0.2, 0.25) is 5.91 Å². The fourth-order valence-corrected chi connectivity index (χ4v) is 3.49. The van der Waals surface area contributed by atoms with E-state index >= 15 is 0 Å². The quantitative estimate of drug-likeness (QED) is 0.875. The zero-order valence-corrected chi connectivity index (χ0v) is 12.7. The van der Waals surface area contributed by atoms with Crippen molar-refractivity contribution >= 4 is 40.2 Å². The van der Waals surface area contributed by atoms with E-state index in [-0.39, 0.29) is 5.91 Å². The highest BCUT2D eigenvalue weighted by Gasteiger charge is 2.16. The number of aromatic nitrogens is 2. The Morgan fingerprint density at radius 1 is 1.35 bits per heavy atom.